The molecule has 2 aromatic carbocycles. The van der Waals surface area contributed by atoms with Crippen LogP contribution >= 0.6 is 11.8 Å². The first-order chi connectivity index (χ1) is 13.1. The van der Waals surface area contributed by atoms with Crippen LogP contribution in [0.25, 0.3) is 17.1 Å². The van der Waals surface area contributed by atoms with Crippen molar-refractivity contribution >= 4 is 11.8 Å². The van der Waals surface area contributed by atoms with Crippen LogP contribution in [0.2, 0.25) is 0 Å². The van der Waals surface area contributed by atoms with Gasteiger partial charge >= 0.3 is 0 Å². The molecule has 0 N–H and O–H groups in total. The minimum Gasteiger partial charge on any atom is -0.276 e. The zero-order valence-electron chi connectivity index (χ0n) is 15.6. The quantitative estimate of drug-likeness (QED) is 0.479. The SMILES string of the molecule is Cc1ccc(-n2c(SCc3cnn(C)c3)nnc2-c2ccccc2)cc1C. The van der Waals surface area contributed by atoms with Gasteiger partial charge in [-0.3, -0.25) is 9.25 Å². The fourth-order valence-corrected chi connectivity index (χ4v) is 3.79. The molecular weight excluding hydrogens is 354 g/mol. The van der Waals surface area contributed by atoms with Gasteiger partial charge in [-0.1, -0.05) is 48.2 Å². The van der Waals surface area contributed by atoms with E-state index in [-0.39, 0.29) is 0 Å². The van der Waals surface area contributed by atoms with E-state index >= 15 is 0 Å². The van der Waals surface area contributed by atoms with Gasteiger partial charge in [0.2, 0.25) is 0 Å². The predicted molar refractivity (Wildman–Crippen MR) is 109 cm³/mol. The van der Waals surface area contributed by atoms with Crippen LogP contribution < -0.4 is 0 Å². The summed E-state index contributed by atoms with van der Waals surface area (Å²) in [5.41, 5.74) is 5.83. The summed E-state index contributed by atoms with van der Waals surface area (Å²) >= 11 is 1.67. The van der Waals surface area contributed by atoms with E-state index in [2.05, 4.69) is 64.0 Å². The molecule has 0 bridgehead atoms. The van der Waals surface area contributed by atoms with Crippen molar-refractivity contribution in [2.24, 2.45) is 7.05 Å². The molecule has 0 amide bonds. The van der Waals surface area contributed by atoms with E-state index in [4.69, 9.17) is 0 Å². The fourth-order valence-electron chi connectivity index (χ4n) is 2.93. The summed E-state index contributed by atoms with van der Waals surface area (Å²) < 4.78 is 3.96. The number of rotatable bonds is 5. The number of aryl methyl sites for hydroxylation is 3. The average molecular weight is 376 g/mol. The van der Waals surface area contributed by atoms with Crippen molar-refractivity contribution in [2.45, 2.75) is 24.8 Å². The molecule has 4 aromatic rings. The van der Waals surface area contributed by atoms with Crippen molar-refractivity contribution < 1.29 is 0 Å². The molecule has 0 spiro atoms. The second kappa shape index (κ2) is 7.40. The molecule has 27 heavy (non-hydrogen) atoms. The van der Waals surface area contributed by atoms with Crippen LogP contribution in [-0.4, -0.2) is 24.5 Å². The molecule has 5 nitrogen and oxygen atoms in total. The molecule has 6 heteroatoms. The van der Waals surface area contributed by atoms with Gasteiger partial charge in [-0.2, -0.15) is 5.10 Å². The largest absolute Gasteiger partial charge is 0.276 e. The van der Waals surface area contributed by atoms with Gasteiger partial charge in [-0.05, 0) is 37.1 Å². The van der Waals surface area contributed by atoms with E-state index in [9.17, 15) is 0 Å². The van der Waals surface area contributed by atoms with Crippen molar-refractivity contribution in [3.8, 4) is 17.1 Å². The van der Waals surface area contributed by atoms with E-state index in [0.717, 1.165) is 28.0 Å². The lowest BCUT2D eigenvalue weighted by molar-refractivity contribution is 0.767. The number of aromatic nitrogens is 5. The molecule has 2 heterocycles. The van der Waals surface area contributed by atoms with E-state index in [1.165, 1.54) is 16.7 Å². The maximum absolute atomic E-state index is 4.50. The fraction of sp³-hybridized carbons (Fsp3) is 0.190. The van der Waals surface area contributed by atoms with Crippen LogP contribution in [0.3, 0.4) is 0 Å². The van der Waals surface area contributed by atoms with Crippen LogP contribution in [0, 0.1) is 13.8 Å². The second-order valence-corrected chi connectivity index (χ2v) is 7.53. The lowest BCUT2D eigenvalue weighted by Crippen LogP contribution is -2.00. The van der Waals surface area contributed by atoms with Gasteiger partial charge in [0.05, 0.1) is 11.9 Å². The Labute approximate surface area is 163 Å². The van der Waals surface area contributed by atoms with Gasteiger partial charge in [-0.15, -0.1) is 10.2 Å². The highest BCUT2D eigenvalue weighted by atomic mass is 32.2. The van der Waals surface area contributed by atoms with Crippen LogP contribution in [0.15, 0.2) is 66.1 Å². The van der Waals surface area contributed by atoms with Crippen LogP contribution in [0.4, 0.5) is 0 Å². The summed E-state index contributed by atoms with van der Waals surface area (Å²) in [7, 11) is 1.93. The minimum absolute atomic E-state index is 0.797. The number of hydrogen-bond donors (Lipinski definition) is 0. The molecule has 0 saturated carbocycles. The monoisotopic (exact) mass is 375 g/mol. The summed E-state index contributed by atoms with van der Waals surface area (Å²) in [4.78, 5) is 0. The third kappa shape index (κ3) is 3.66. The van der Waals surface area contributed by atoms with Crippen molar-refractivity contribution in [3.05, 3.63) is 77.6 Å². The van der Waals surface area contributed by atoms with Crippen molar-refractivity contribution in [1.82, 2.24) is 24.5 Å². The molecule has 0 fully saturated rings. The Morgan fingerprint density at radius 3 is 2.48 bits per heavy atom. The maximum atomic E-state index is 4.50. The molecular formula is C21H21N5S. The van der Waals surface area contributed by atoms with Gasteiger partial charge in [0.15, 0.2) is 11.0 Å². The molecule has 0 aliphatic heterocycles. The van der Waals surface area contributed by atoms with Crippen LogP contribution in [0.1, 0.15) is 16.7 Å². The smallest absolute Gasteiger partial charge is 0.196 e. The molecule has 0 saturated heterocycles. The molecule has 0 aliphatic carbocycles. The molecule has 4 rings (SSSR count). The van der Waals surface area contributed by atoms with Gasteiger partial charge in [0, 0.05) is 30.1 Å². The first-order valence-corrected chi connectivity index (χ1v) is 9.79. The highest BCUT2D eigenvalue weighted by Gasteiger charge is 2.16. The summed E-state index contributed by atoms with van der Waals surface area (Å²) in [6, 6.07) is 16.7. The molecule has 0 radical (unpaired) electrons. The second-order valence-electron chi connectivity index (χ2n) is 6.59. The van der Waals surface area contributed by atoms with Crippen molar-refractivity contribution in [1.29, 1.82) is 0 Å². The average Bonchev–Trinajstić information content (AvgIpc) is 3.29. The van der Waals surface area contributed by atoms with Gasteiger partial charge in [-0.25, -0.2) is 0 Å². The lowest BCUT2D eigenvalue weighted by Gasteiger charge is -2.12. The third-order valence-corrected chi connectivity index (χ3v) is 5.54. The summed E-state index contributed by atoms with van der Waals surface area (Å²) in [5, 5.41) is 14.1. The zero-order valence-corrected chi connectivity index (χ0v) is 16.4. The minimum atomic E-state index is 0.797. The molecule has 0 atom stereocenters. The zero-order chi connectivity index (χ0) is 18.8. The Bertz CT molecular complexity index is 1070. The van der Waals surface area contributed by atoms with Crippen molar-refractivity contribution in [3.63, 3.8) is 0 Å². The first kappa shape index (κ1) is 17.5. The summed E-state index contributed by atoms with van der Waals surface area (Å²) in [6.07, 6.45) is 3.92. The van der Waals surface area contributed by atoms with E-state index in [1.807, 2.05) is 42.3 Å². The van der Waals surface area contributed by atoms with Gasteiger partial charge in [0.25, 0.3) is 0 Å². The summed E-state index contributed by atoms with van der Waals surface area (Å²) in [6.45, 7) is 4.26. The highest BCUT2D eigenvalue weighted by molar-refractivity contribution is 7.98. The van der Waals surface area contributed by atoms with Crippen LogP contribution in [-0.2, 0) is 12.8 Å². The number of thioether (sulfide) groups is 1. The van der Waals surface area contributed by atoms with Gasteiger partial charge < -0.3 is 0 Å². The Balaban J connectivity index is 1.76. The number of nitrogens with zero attached hydrogens (tertiary/aromatic N) is 5. The molecule has 0 unspecified atom stereocenters. The van der Waals surface area contributed by atoms with Crippen molar-refractivity contribution in [2.75, 3.05) is 0 Å². The highest BCUT2D eigenvalue weighted by Crippen LogP contribution is 2.30. The Morgan fingerprint density at radius 1 is 0.963 bits per heavy atom. The van der Waals surface area contributed by atoms with E-state index in [0.29, 0.717) is 0 Å². The Hall–Kier alpha value is -2.86. The Morgan fingerprint density at radius 2 is 1.78 bits per heavy atom. The topological polar surface area (TPSA) is 48.5 Å². The molecule has 136 valence electrons. The molecule has 0 aliphatic rings. The van der Waals surface area contributed by atoms with E-state index < -0.39 is 0 Å². The first-order valence-electron chi connectivity index (χ1n) is 8.80. The Kier molecular flexibility index (Phi) is 4.81. The third-order valence-electron chi connectivity index (χ3n) is 4.54. The van der Waals surface area contributed by atoms with Gasteiger partial charge in [0.1, 0.15) is 0 Å². The lowest BCUT2D eigenvalue weighted by atomic mass is 10.1. The molecule has 2 aromatic heterocycles. The standard InChI is InChI=1S/C21H21N5S/c1-15-9-10-19(11-16(15)2)26-20(18-7-5-4-6-8-18)23-24-21(26)27-14-17-12-22-25(3)13-17/h4-13H,14H2,1-3H3. The summed E-state index contributed by atoms with van der Waals surface area (Å²) in [5.74, 6) is 1.65. The van der Waals surface area contributed by atoms with E-state index in [1.54, 1.807) is 11.8 Å². The maximum Gasteiger partial charge on any atom is 0.196 e. The number of hydrogen-bond acceptors (Lipinski definition) is 4. The number of benzene rings is 2. The van der Waals surface area contributed by atoms with Crippen LogP contribution in [0.5, 0.6) is 0 Å². The normalized spacial score (nSPS) is 11.1. The predicted octanol–water partition coefficient (Wildman–Crippen LogP) is 4.58.